The Morgan fingerprint density at radius 3 is 2.93 bits per heavy atom. The predicted molar refractivity (Wildman–Crippen MR) is 53.0 cm³/mol. The van der Waals surface area contributed by atoms with Gasteiger partial charge >= 0.3 is 5.97 Å². The van der Waals surface area contributed by atoms with Crippen molar-refractivity contribution in [2.45, 2.75) is 0 Å². The molecule has 1 aromatic heterocycles. The van der Waals surface area contributed by atoms with E-state index in [0.717, 1.165) is 0 Å². The van der Waals surface area contributed by atoms with Crippen molar-refractivity contribution in [1.29, 1.82) is 0 Å². The summed E-state index contributed by atoms with van der Waals surface area (Å²) in [6.45, 7) is -0.191. The molecular weight excluding hydrogens is 198 g/mol. The molecule has 0 unspecified atom stereocenters. The SMILES string of the molecule is COC(=O)CNC(=O)c1cccnc1N. The second-order valence-corrected chi connectivity index (χ2v) is 2.70. The van der Waals surface area contributed by atoms with Crippen molar-refractivity contribution >= 4 is 17.7 Å². The van der Waals surface area contributed by atoms with Gasteiger partial charge < -0.3 is 15.8 Å². The number of aromatic nitrogens is 1. The fourth-order valence-electron chi connectivity index (χ4n) is 0.929. The molecule has 0 saturated heterocycles. The maximum absolute atomic E-state index is 11.4. The summed E-state index contributed by atoms with van der Waals surface area (Å²) >= 11 is 0. The molecule has 0 spiro atoms. The van der Waals surface area contributed by atoms with E-state index in [2.05, 4.69) is 15.0 Å². The number of rotatable bonds is 3. The Morgan fingerprint density at radius 2 is 2.33 bits per heavy atom. The molecule has 6 nitrogen and oxygen atoms in total. The molecule has 1 heterocycles. The number of anilines is 1. The van der Waals surface area contributed by atoms with E-state index in [9.17, 15) is 9.59 Å². The zero-order valence-corrected chi connectivity index (χ0v) is 8.19. The molecule has 0 saturated carbocycles. The first-order valence-electron chi connectivity index (χ1n) is 4.20. The Kier molecular flexibility index (Phi) is 3.61. The summed E-state index contributed by atoms with van der Waals surface area (Å²) < 4.78 is 4.37. The van der Waals surface area contributed by atoms with Crippen LogP contribution >= 0.6 is 0 Å². The van der Waals surface area contributed by atoms with Gasteiger partial charge in [-0.15, -0.1) is 0 Å². The van der Waals surface area contributed by atoms with Crippen molar-refractivity contribution in [3.8, 4) is 0 Å². The van der Waals surface area contributed by atoms with Crippen LogP contribution in [0.1, 0.15) is 10.4 Å². The largest absolute Gasteiger partial charge is 0.468 e. The number of nitrogens with two attached hydrogens (primary N) is 1. The lowest BCUT2D eigenvalue weighted by atomic mass is 10.2. The van der Waals surface area contributed by atoms with Crippen molar-refractivity contribution in [3.63, 3.8) is 0 Å². The second kappa shape index (κ2) is 4.94. The van der Waals surface area contributed by atoms with Crippen LogP contribution in [0.3, 0.4) is 0 Å². The van der Waals surface area contributed by atoms with Crippen LogP contribution in [0.15, 0.2) is 18.3 Å². The summed E-state index contributed by atoms with van der Waals surface area (Å²) in [6.07, 6.45) is 1.48. The molecule has 0 bridgehead atoms. The molecule has 1 aromatic rings. The van der Waals surface area contributed by atoms with Crippen LogP contribution in [0, 0.1) is 0 Å². The van der Waals surface area contributed by atoms with Crippen LogP contribution in [0.2, 0.25) is 0 Å². The highest BCUT2D eigenvalue weighted by Gasteiger charge is 2.10. The van der Waals surface area contributed by atoms with Gasteiger partial charge in [0.2, 0.25) is 0 Å². The lowest BCUT2D eigenvalue weighted by molar-refractivity contribution is -0.139. The van der Waals surface area contributed by atoms with Gasteiger partial charge in [0.1, 0.15) is 12.4 Å². The number of pyridine rings is 1. The van der Waals surface area contributed by atoms with Crippen molar-refractivity contribution in [1.82, 2.24) is 10.3 Å². The summed E-state index contributed by atoms with van der Waals surface area (Å²) in [5.41, 5.74) is 5.71. The molecule has 0 fully saturated rings. The molecule has 80 valence electrons. The first kappa shape index (κ1) is 11.0. The highest BCUT2D eigenvalue weighted by atomic mass is 16.5. The van der Waals surface area contributed by atoms with Gasteiger partial charge in [0.05, 0.1) is 12.7 Å². The van der Waals surface area contributed by atoms with E-state index in [1.54, 1.807) is 6.07 Å². The number of carbonyl (C=O) groups excluding carboxylic acids is 2. The number of carbonyl (C=O) groups is 2. The maximum atomic E-state index is 11.4. The van der Waals surface area contributed by atoms with Crippen LogP contribution in [-0.4, -0.2) is 30.5 Å². The van der Waals surface area contributed by atoms with Crippen LogP contribution in [0.4, 0.5) is 5.82 Å². The van der Waals surface area contributed by atoms with E-state index in [4.69, 9.17) is 5.73 Å². The number of ether oxygens (including phenoxy) is 1. The summed E-state index contributed by atoms with van der Waals surface area (Å²) in [5.74, 6) is -0.850. The van der Waals surface area contributed by atoms with Crippen LogP contribution in [-0.2, 0) is 9.53 Å². The fourth-order valence-corrected chi connectivity index (χ4v) is 0.929. The van der Waals surface area contributed by atoms with E-state index in [1.165, 1.54) is 19.4 Å². The van der Waals surface area contributed by atoms with E-state index >= 15 is 0 Å². The Morgan fingerprint density at radius 1 is 1.60 bits per heavy atom. The van der Waals surface area contributed by atoms with Crippen molar-refractivity contribution in [2.75, 3.05) is 19.4 Å². The molecule has 3 N–H and O–H groups in total. The molecule has 0 aromatic carbocycles. The summed E-state index contributed by atoms with van der Waals surface area (Å²) in [5, 5.41) is 2.36. The number of hydrogen-bond donors (Lipinski definition) is 2. The van der Waals surface area contributed by atoms with Gasteiger partial charge in [-0.05, 0) is 12.1 Å². The first-order chi connectivity index (χ1) is 7.15. The maximum Gasteiger partial charge on any atom is 0.325 e. The van der Waals surface area contributed by atoms with E-state index < -0.39 is 11.9 Å². The summed E-state index contributed by atoms with van der Waals surface area (Å²) in [7, 11) is 1.24. The minimum atomic E-state index is -0.522. The smallest absolute Gasteiger partial charge is 0.325 e. The lowest BCUT2D eigenvalue weighted by Crippen LogP contribution is -2.30. The third kappa shape index (κ3) is 2.94. The van der Waals surface area contributed by atoms with Crippen LogP contribution < -0.4 is 11.1 Å². The molecule has 0 aliphatic rings. The Hall–Kier alpha value is -2.11. The summed E-state index contributed by atoms with van der Waals surface area (Å²) in [6, 6.07) is 3.11. The van der Waals surface area contributed by atoms with Gasteiger partial charge in [0.15, 0.2) is 0 Å². The van der Waals surface area contributed by atoms with Gasteiger partial charge in [0.25, 0.3) is 5.91 Å². The molecule has 1 rings (SSSR count). The Balaban J connectivity index is 2.62. The number of nitrogens with zero attached hydrogens (tertiary/aromatic N) is 1. The van der Waals surface area contributed by atoms with Crippen LogP contribution in [0.5, 0.6) is 0 Å². The molecule has 6 heteroatoms. The number of methoxy groups -OCH3 is 1. The number of esters is 1. The number of amides is 1. The molecular formula is C9H11N3O3. The molecule has 0 radical (unpaired) electrons. The molecule has 0 aliphatic carbocycles. The number of nitrogen functional groups attached to an aromatic ring is 1. The first-order valence-corrected chi connectivity index (χ1v) is 4.20. The monoisotopic (exact) mass is 209 g/mol. The van der Waals surface area contributed by atoms with Gasteiger partial charge in [-0.1, -0.05) is 0 Å². The van der Waals surface area contributed by atoms with Crippen molar-refractivity contribution in [3.05, 3.63) is 23.9 Å². The zero-order chi connectivity index (χ0) is 11.3. The molecule has 15 heavy (non-hydrogen) atoms. The third-order valence-electron chi connectivity index (χ3n) is 1.70. The number of hydrogen-bond acceptors (Lipinski definition) is 5. The Bertz CT molecular complexity index is 379. The molecule has 0 aliphatic heterocycles. The third-order valence-corrected chi connectivity index (χ3v) is 1.70. The molecule has 1 amide bonds. The standard InChI is InChI=1S/C9H11N3O3/c1-15-7(13)5-12-9(14)6-3-2-4-11-8(6)10/h2-4H,5H2,1H3,(H2,10,11)(H,12,14). The topological polar surface area (TPSA) is 94.3 Å². The quantitative estimate of drug-likeness (QED) is 0.658. The van der Waals surface area contributed by atoms with E-state index in [0.29, 0.717) is 0 Å². The van der Waals surface area contributed by atoms with Gasteiger partial charge in [-0.2, -0.15) is 0 Å². The molecule has 0 atom stereocenters. The fraction of sp³-hybridized carbons (Fsp3) is 0.222. The van der Waals surface area contributed by atoms with Gasteiger partial charge in [-0.25, -0.2) is 4.98 Å². The highest BCUT2D eigenvalue weighted by molar-refractivity contribution is 5.99. The summed E-state index contributed by atoms with van der Waals surface area (Å²) in [4.78, 5) is 25.9. The van der Waals surface area contributed by atoms with Gasteiger partial charge in [-0.3, -0.25) is 9.59 Å². The zero-order valence-electron chi connectivity index (χ0n) is 8.19. The normalized spacial score (nSPS) is 9.40. The van der Waals surface area contributed by atoms with E-state index in [1.807, 2.05) is 0 Å². The minimum Gasteiger partial charge on any atom is -0.468 e. The van der Waals surface area contributed by atoms with Crippen LogP contribution in [0.25, 0.3) is 0 Å². The van der Waals surface area contributed by atoms with Crippen molar-refractivity contribution < 1.29 is 14.3 Å². The number of nitrogens with one attached hydrogen (secondary N) is 1. The average Bonchev–Trinajstić information content (AvgIpc) is 2.26. The highest BCUT2D eigenvalue weighted by Crippen LogP contribution is 2.05. The lowest BCUT2D eigenvalue weighted by Gasteiger charge is -2.04. The minimum absolute atomic E-state index is 0.125. The van der Waals surface area contributed by atoms with Gasteiger partial charge in [0, 0.05) is 6.20 Å². The average molecular weight is 209 g/mol. The van der Waals surface area contributed by atoms with E-state index in [-0.39, 0.29) is 17.9 Å². The predicted octanol–water partition coefficient (Wildman–Crippen LogP) is -0.433. The Labute approximate surface area is 86.4 Å². The second-order valence-electron chi connectivity index (χ2n) is 2.70. The van der Waals surface area contributed by atoms with Crippen molar-refractivity contribution in [2.24, 2.45) is 0 Å².